The van der Waals surface area contributed by atoms with Gasteiger partial charge >= 0.3 is 0 Å². The lowest BCUT2D eigenvalue weighted by molar-refractivity contribution is 0.0964. The van der Waals surface area contributed by atoms with E-state index in [0.717, 1.165) is 22.5 Å². The molecule has 0 radical (unpaired) electrons. The Morgan fingerprint density at radius 2 is 1.67 bits per heavy atom. The summed E-state index contributed by atoms with van der Waals surface area (Å²) in [6.07, 6.45) is 1.27. The molecule has 124 valence electrons. The van der Waals surface area contributed by atoms with Gasteiger partial charge in [-0.15, -0.1) is 0 Å². The maximum Gasteiger partial charge on any atom is 0.262 e. The summed E-state index contributed by atoms with van der Waals surface area (Å²) in [6, 6.07) is 17.8. The molecule has 3 nitrogen and oxygen atoms in total. The lowest BCUT2D eigenvalue weighted by atomic mass is 10.1. The molecule has 3 rings (SSSR count). The van der Waals surface area contributed by atoms with Gasteiger partial charge in [-0.3, -0.25) is 9.36 Å². The van der Waals surface area contributed by atoms with Crippen molar-refractivity contribution in [3.05, 3.63) is 71.9 Å². The van der Waals surface area contributed by atoms with Gasteiger partial charge in [-0.1, -0.05) is 56.0 Å². The number of carbonyl (C=O) groups excluding carboxylic acids is 1. The molecule has 0 saturated carbocycles. The molecule has 0 saturated heterocycles. The van der Waals surface area contributed by atoms with Gasteiger partial charge < -0.3 is 5.11 Å². The van der Waals surface area contributed by atoms with Crippen LogP contribution in [0, 0.1) is 0 Å². The van der Waals surface area contributed by atoms with E-state index in [2.05, 4.69) is 19.6 Å². The molecule has 1 heterocycles. The molecule has 0 amide bonds. The molecule has 4 heteroatoms. The van der Waals surface area contributed by atoms with E-state index in [9.17, 15) is 9.90 Å². The van der Waals surface area contributed by atoms with Crippen molar-refractivity contribution in [1.29, 1.82) is 0 Å². The predicted molar refractivity (Wildman–Crippen MR) is 101 cm³/mol. The number of hydrogen-bond acceptors (Lipinski definition) is 2. The van der Waals surface area contributed by atoms with Crippen LogP contribution < -0.4 is 0 Å². The predicted octanol–water partition coefficient (Wildman–Crippen LogP) is 4.70. The fourth-order valence-electron chi connectivity index (χ4n) is 3.05. The molecule has 0 fully saturated rings. The topological polar surface area (TPSA) is 42.2 Å². The molecular formula is C20H23NO2Si. The van der Waals surface area contributed by atoms with Crippen molar-refractivity contribution in [2.75, 3.05) is 0 Å². The normalized spacial score (nSPS) is 13.2. The highest BCUT2D eigenvalue weighted by molar-refractivity contribution is 6.76. The largest absolute Gasteiger partial charge is 0.389 e. The van der Waals surface area contributed by atoms with Crippen molar-refractivity contribution in [3.63, 3.8) is 0 Å². The number of aliphatic hydroxyl groups is 1. The smallest absolute Gasteiger partial charge is 0.262 e. The van der Waals surface area contributed by atoms with Gasteiger partial charge in [0.1, 0.15) is 0 Å². The van der Waals surface area contributed by atoms with Crippen molar-refractivity contribution in [1.82, 2.24) is 4.57 Å². The standard InChI is InChI=1S/C20H23NO2Si/c1-24(2,3)14-19(22)17-13-21(18-12-8-7-11-16(17)18)20(23)15-9-5-4-6-10-15/h4-13,19,22H,14H2,1-3H3. The zero-order valence-corrected chi connectivity index (χ0v) is 15.4. The Labute approximate surface area is 143 Å². The van der Waals surface area contributed by atoms with Gasteiger partial charge in [0.05, 0.1) is 11.6 Å². The maximum absolute atomic E-state index is 12.9. The first-order valence-electron chi connectivity index (χ1n) is 8.24. The Kier molecular flexibility index (Phi) is 4.43. The Bertz CT molecular complexity index is 862. The summed E-state index contributed by atoms with van der Waals surface area (Å²) in [7, 11) is -1.42. The van der Waals surface area contributed by atoms with Gasteiger partial charge in [0.15, 0.2) is 0 Å². The van der Waals surface area contributed by atoms with Gasteiger partial charge in [-0.2, -0.15) is 0 Å². The van der Waals surface area contributed by atoms with Crippen LogP contribution in [0.15, 0.2) is 60.8 Å². The van der Waals surface area contributed by atoms with E-state index < -0.39 is 14.2 Å². The number of nitrogens with zero attached hydrogens (tertiary/aromatic N) is 1. The number of carbonyl (C=O) groups is 1. The van der Waals surface area contributed by atoms with Gasteiger partial charge in [-0.05, 0) is 24.2 Å². The van der Waals surface area contributed by atoms with Crippen LogP contribution in [0.5, 0.6) is 0 Å². The summed E-state index contributed by atoms with van der Waals surface area (Å²) in [5.41, 5.74) is 2.33. The molecule has 0 aliphatic carbocycles. The average molecular weight is 337 g/mol. The van der Waals surface area contributed by atoms with E-state index >= 15 is 0 Å². The lowest BCUT2D eigenvalue weighted by Crippen LogP contribution is -2.22. The first-order chi connectivity index (χ1) is 11.4. The highest BCUT2D eigenvalue weighted by Gasteiger charge is 2.24. The molecule has 1 N–H and O–H groups in total. The van der Waals surface area contributed by atoms with Gasteiger partial charge in [0.25, 0.3) is 5.91 Å². The number of rotatable bonds is 4. The molecule has 24 heavy (non-hydrogen) atoms. The number of aromatic nitrogens is 1. The minimum atomic E-state index is -1.42. The van der Waals surface area contributed by atoms with Crippen LogP contribution >= 0.6 is 0 Å². The molecular weight excluding hydrogens is 314 g/mol. The summed E-state index contributed by atoms with van der Waals surface area (Å²) in [5, 5.41) is 11.7. The van der Waals surface area contributed by atoms with Gasteiger partial charge in [-0.25, -0.2) is 0 Å². The van der Waals surface area contributed by atoms with Crippen LogP contribution in [0.2, 0.25) is 25.7 Å². The minimum Gasteiger partial charge on any atom is -0.389 e. The molecule has 1 atom stereocenters. The first kappa shape index (κ1) is 16.7. The van der Waals surface area contributed by atoms with Crippen LogP contribution in [-0.4, -0.2) is 23.7 Å². The Hall–Kier alpha value is -2.17. The molecule has 3 aromatic rings. The summed E-state index contributed by atoms with van der Waals surface area (Å²) in [4.78, 5) is 12.9. The van der Waals surface area contributed by atoms with E-state index in [0.29, 0.717) is 5.56 Å². The number of para-hydroxylation sites is 1. The first-order valence-corrected chi connectivity index (χ1v) is 12.0. The summed E-state index contributed by atoms with van der Waals surface area (Å²) >= 11 is 0. The number of aliphatic hydroxyl groups excluding tert-OH is 1. The highest BCUT2D eigenvalue weighted by atomic mass is 28.3. The second kappa shape index (κ2) is 6.38. The maximum atomic E-state index is 12.9. The zero-order valence-electron chi connectivity index (χ0n) is 14.4. The molecule has 0 spiro atoms. The van der Waals surface area contributed by atoms with Crippen LogP contribution in [0.25, 0.3) is 10.9 Å². The second-order valence-corrected chi connectivity index (χ2v) is 13.0. The fraction of sp³-hybridized carbons (Fsp3) is 0.250. The lowest BCUT2D eigenvalue weighted by Gasteiger charge is -2.20. The number of hydrogen-bond donors (Lipinski definition) is 1. The fourth-order valence-corrected chi connectivity index (χ4v) is 4.43. The third-order valence-corrected chi connectivity index (χ3v) is 5.76. The van der Waals surface area contributed by atoms with Crippen LogP contribution in [0.1, 0.15) is 22.0 Å². The summed E-state index contributed by atoms with van der Waals surface area (Å²) < 4.78 is 1.66. The third kappa shape index (κ3) is 3.35. The van der Waals surface area contributed by atoms with Crippen LogP contribution in [-0.2, 0) is 0 Å². The van der Waals surface area contributed by atoms with Crippen molar-refractivity contribution in [2.45, 2.75) is 31.8 Å². The van der Waals surface area contributed by atoms with Crippen molar-refractivity contribution in [2.24, 2.45) is 0 Å². The Balaban J connectivity index is 2.09. The van der Waals surface area contributed by atoms with E-state index in [1.807, 2.05) is 60.8 Å². The molecule has 1 aromatic heterocycles. The van der Waals surface area contributed by atoms with E-state index in [1.54, 1.807) is 4.57 Å². The van der Waals surface area contributed by atoms with Crippen molar-refractivity contribution in [3.8, 4) is 0 Å². The number of benzene rings is 2. The SMILES string of the molecule is C[Si](C)(C)CC(O)c1cn(C(=O)c2ccccc2)c2ccccc12. The molecule has 0 aliphatic heterocycles. The molecule has 1 unspecified atom stereocenters. The van der Waals surface area contributed by atoms with Crippen LogP contribution in [0.3, 0.4) is 0 Å². The number of fused-ring (bicyclic) bond motifs is 1. The summed E-state index contributed by atoms with van der Waals surface area (Å²) in [6.45, 7) is 6.72. The van der Waals surface area contributed by atoms with Crippen molar-refractivity contribution < 1.29 is 9.90 Å². The van der Waals surface area contributed by atoms with E-state index in [4.69, 9.17) is 0 Å². The minimum absolute atomic E-state index is 0.0711. The summed E-state index contributed by atoms with van der Waals surface area (Å²) in [5.74, 6) is -0.0711. The average Bonchev–Trinajstić information content (AvgIpc) is 2.93. The monoisotopic (exact) mass is 337 g/mol. The Morgan fingerprint density at radius 3 is 2.33 bits per heavy atom. The quantitative estimate of drug-likeness (QED) is 0.701. The Morgan fingerprint density at radius 1 is 1.04 bits per heavy atom. The second-order valence-electron chi connectivity index (χ2n) is 7.42. The third-order valence-electron chi connectivity index (χ3n) is 4.15. The van der Waals surface area contributed by atoms with E-state index in [1.165, 1.54) is 0 Å². The highest BCUT2D eigenvalue weighted by Crippen LogP contribution is 2.32. The molecule has 2 aromatic carbocycles. The van der Waals surface area contributed by atoms with Crippen molar-refractivity contribution >= 4 is 24.9 Å². The molecule has 0 bridgehead atoms. The molecule has 0 aliphatic rings. The van der Waals surface area contributed by atoms with Gasteiger partial charge in [0, 0.05) is 30.8 Å². The van der Waals surface area contributed by atoms with Gasteiger partial charge in [0.2, 0.25) is 0 Å². The zero-order chi connectivity index (χ0) is 17.3. The van der Waals surface area contributed by atoms with Crippen LogP contribution in [0.4, 0.5) is 0 Å². The van der Waals surface area contributed by atoms with E-state index in [-0.39, 0.29) is 5.91 Å².